The Bertz CT molecular complexity index is 1280. The van der Waals surface area contributed by atoms with Crippen LogP contribution < -0.4 is 16.0 Å². The van der Waals surface area contributed by atoms with Crippen molar-refractivity contribution in [3.8, 4) is 0 Å². The molecule has 0 unspecified atom stereocenters. The second kappa shape index (κ2) is 9.17. The first-order valence-corrected chi connectivity index (χ1v) is 11.4. The van der Waals surface area contributed by atoms with E-state index in [1.54, 1.807) is 16.9 Å². The van der Waals surface area contributed by atoms with Gasteiger partial charge in [0.1, 0.15) is 12.4 Å². The van der Waals surface area contributed by atoms with Crippen LogP contribution >= 0.6 is 0 Å². The molecule has 2 aliphatic heterocycles. The van der Waals surface area contributed by atoms with E-state index < -0.39 is 12.7 Å². The summed E-state index contributed by atoms with van der Waals surface area (Å²) < 4.78 is 39.2. The first-order valence-electron chi connectivity index (χ1n) is 11.4. The van der Waals surface area contributed by atoms with Gasteiger partial charge in [0.25, 0.3) is 5.91 Å². The van der Waals surface area contributed by atoms with Gasteiger partial charge in [0, 0.05) is 30.5 Å². The van der Waals surface area contributed by atoms with E-state index in [9.17, 15) is 18.0 Å². The SMILES string of the molecule is CN1CCC(NC(=O)c2cnn3ccc(C4=CCNc5nc(NCC(F)(F)F)ncc54)cc23)CC1. The number of alkyl halides is 3. The van der Waals surface area contributed by atoms with Gasteiger partial charge in [0.15, 0.2) is 0 Å². The maximum absolute atomic E-state index is 13.0. The molecular formula is C23H25F3N8O. The van der Waals surface area contributed by atoms with Crippen molar-refractivity contribution in [1.29, 1.82) is 0 Å². The molecule has 3 N–H and O–H groups in total. The third kappa shape index (κ3) is 5.06. The Morgan fingerprint density at radius 2 is 2.06 bits per heavy atom. The molecular weight excluding hydrogens is 461 g/mol. The van der Waals surface area contributed by atoms with Gasteiger partial charge >= 0.3 is 6.18 Å². The zero-order chi connectivity index (χ0) is 24.6. The topological polar surface area (TPSA) is 99.5 Å². The number of rotatable bonds is 5. The molecule has 0 radical (unpaired) electrons. The standard InChI is InChI=1S/C23H25F3N8O/c1-33-7-4-15(5-8-33)31-21(35)18-12-30-34-9-3-14(10-19(18)34)16-2-6-27-20-17(16)11-28-22(32-20)29-13-23(24,25)26/h2-3,9-12,15H,4-8,13H2,1H3,(H,31,35)(H2,27,28,29,32). The van der Waals surface area contributed by atoms with Crippen LogP contribution in [0, 0.1) is 0 Å². The van der Waals surface area contributed by atoms with E-state index in [2.05, 4.69) is 43.0 Å². The maximum Gasteiger partial charge on any atom is 0.405 e. The van der Waals surface area contributed by atoms with Gasteiger partial charge < -0.3 is 20.9 Å². The number of nitrogens with zero attached hydrogens (tertiary/aromatic N) is 5. The summed E-state index contributed by atoms with van der Waals surface area (Å²) in [4.78, 5) is 23.5. The average molecular weight is 487 g/mol. The second-order valence-corrected chi connectivity index (χ2v) is 8.78. The van der Waals surface area contributed by atoms with Crippen molar-refractivity contribution < 1.29 is 18.0 Å². The Kier molecular flexibility index (Phi) is 6.05. The lowest BCUT2D eigenvalue weighted by Gasteiger charge is -2.29. The van der Waals surface area contributed by atoms with Gasteiger partial charge in [-0.05, 0) is 56.2 Å². The van der Waals surface area contributed by atoms with Crippen LogP contribution in [-0.4, -0.2) is 75.8 Å². The Morgan fingerprint density at radius 1 is 1.26 bits per heavy atom. The number of fused-ring (bicyclic) bond motifs is 2. The highest BCUT2D eigenvalue weighted by atomic mass is 19.4. The number of piperidine rings is 1. The van der Waals surface area contributed by atoms with Gasteiger partial charge in [-0.3, -0.25) is 4.79 Å². The summed E-state index contributed by atoms with van der Waals surface area (Å²) in [6, 6.07) is 3.89. The van der Waals surface area contributed by atoms with Crippen LogP contribution in [0.3, 0.4) is 0 Å². The van der Waals surface area contributed by atoms with E-state index in [4.69, 9.17) is 0 Å². The summed E-state index contributed by atoms with van der Waals surface area (Å²) >= 11 is 0. The van der Waals surface area contributed by atoms with Gasteiger partial charge in [-0.1, -0.05) is 6.08 Å². The second-order valence-electron chi connectivity index (χ2n) is 8.78. The lowest BCUT2D eigenvalue weighted by Crippen LogP contribution is -2.43. The Morgan fingerprint density at radius 3 is 2.83 bits per heavy atom. The molecule has 5 heterocycles. The lowest BCUT2D eigenvalue weighted by molar-refractivity contribution is -0.115. The fourth-order valence-corrected chi connectivity index (χ4v) is 4.35. The summed E-state index contributed by atoms with van der Waals surface area (Å²) in [6.07, 6.45) is 4.24. The minimum atomic E-state index is -4.37. The predicted molar refractivity (Wildman–Crippen MR) is 125 cm³/mol. The molecule has 0 saturated carbocycles. The molecule has 3 aromatic rings. The molecule has 0 spiro atoms. The highest BCUT2D eigenvalue weighted by Crippen LogP contribution is 2.32. The molecule has 0 atom stereocenters. The predicted octanol–water partition coefficient (Wildman–Crippen LogP) is 2.78. The van der Waals surface area contributed by atoms with E-state index in [1.165, 1.54) is 6.20 Å². The number of aromatic nitrogens is 4. The van der Waals surface area contributed by atoms with E-state index >= 15 is 0 Å². The number of nitrogens with one attached hydrogen (secondary N) is 3. The van der Waals surface area contributed by atoms with E-state index in [-0.39, 0.29) is 17.9 Å². The van der Waals surface area contributed by atoms with Gasteiger partial charge in [-0.25, -0.2) is 9.50 Å². The van der Waals surface area contributed by atoms with Gasteiger partial charge in [0.05, 0.1) is 17.3 Å². The average Bonchev–Trinajstić information content (AvgIpc) is 3.26. The number of carbonyl (C=O) groups is 1. The van der Waals surface area contributed by atoms with Crippen LogP contribution in [-0.2, 0) is 0 Å². The van der Waals surface area contributed by atoms with Gasteiger partial charge in [-0.2, -0.15) is 23.3 Å². The molecule has 2 aliphatic rings. The molecule has 12 heteroatoms. The zero-order valence-corrected chi connectivity index (χ0v) is 19.1. The number of carbonyl (C=O) groups excluding carboxylic acids is 1. The fraction of sp³-hybridized carbons (Fsp3) is 0.391. The highest BCUT2D eigenvalue weighted by Gasteiger charge is 2.27. The monoisotopic (exact) mass is 486 g/mol. The number of pyridine rings is 1. The molecule has 184 valence electrons. The van der Waals surface area contributed by atoms with Crippen molar-refractivity contribution in [3.63, 3.8) is 0 Å². The molecule has 3 aromatic heterocycles. The molecule has 1 amide bonds. The number of amides is 1. The first kappa shape index (κ1) is 23.1. The summed E-state index contributed by atoms with van der Waals surface area (Å²) in [6.45, 7) is 1.13. The summed E-state index contributed by atoms with van der Waals surface area (Å²) in [7, 11) is 2.07. The fourth-order valence-electron chi connectivity index (χ4n) is 4.35. The number of hydrogen-bond acceptors (Lipinski definition) is 7. The van der Waals surface area contributed by atoms with Gasteiger partial charge in [-0.15, -0.1) is 0 Å². The molecule has 9 nitrogen and oxygen atoms in total. The number of likely N-dealkylation sites (tertiary alicyclic amines) is 1. The molecule has 0 bridgehead atoms. The van der Waals surface area contributed by atoms with Crippen molar-refractivity contribution in [1.82, 2.24) is 29.8 Å². The normalized spacial score (nSPS) is 17.0. The lowest BCUT2D eigenvalue weighted by atomic mass is 9.97. The minimum absolute atomic E-state index is 0.103. The molecule has 0 aliphatic carbocycles. The van der Waals surface area contributed by atoms with Crippen molar-refractivity contribution in [2.45, 2.75) is 25.1 Å². The number of hydrogen-bond donors (Lipinski definition) is 3. The molecule has 1 saturated heterocycles. The Balaban J connectivity index is 1.39. The van der Waals surface area contributed by atoms with Crippen LogP contribution in [0.25, 0.3) is 11.1 Å². The third-order valence-corrected chi connectivity index (χ3v) is 6.23. The van der Waals surface area contributed by atoms with Crippen LogP contribution in [0.4, 0.5) is 24.9 Å². The molecule has 5 rings (SSSR count). The minimum Gasteiger partial charge on any atom is -0.366 e. The zero-order valence-electron chi connectivity index (χ0n) is 19.1. The first-order chi connectivity index (χ1) is 16.8. The van der Waals surface area contributed by atoms with Crippen LogP contribution in [0.15, 0.2) is 36.8 Å². The van der Waals surface area contributed by atoms with Crippen molar-refractivity contribution in [3.05, 3.63) is 53.5 Å². The van der Waals surface area contributed by atoms with Crippen LogP contribution in [0.5, 0.6) is 0 Å². The van der Waals surface area contributed by atoms with Crippen molar-refractivity contribution in [2.24, 2.45) is 0 Å². The van der Waals surface area contributed by atoms with Crippen LogP contribution in [0.1, 0.15) is 34.3 Å². The third-order valence-electron chi connectivity index (χ3n) is 6.23. The van der Waals surface area contributed by atoms with Crippen molar-refractivity contribution in [2.75, 3.05) is 43.9 Å². The summed E-state index contributed by atoms with van der Waals surface area (Å²) in [5.74, 6) is 0.180. The van der Waals surface area contributed by atoms with E-state index in [0.717, 1.165) is 37.1 Å². The Hall–Kier alpha value is -3.67. The molecule has 1 fully saturated rings. The summed E-state index contributed by atoms with van der Waals surface area (Å²) in [5.41, 5.74) is 3.47. The van der Waals surface area contributed by atoms with Crippen molar-refractivity contribution >= 4 is 28.8 Å². The number of halogens is 3. The largest absolute Gasteiger partial charge is 0.405 e. The van der Waals surface area contributed by atoms with E-state index in [1.807, 2.05) is 18.2 Å². The van der Waals surface area contributed by atoms with E-state index in [0.29, 0.717) is 29.0 Å². The smallest absolute Gasteiger partial charge is 0.366 e. The van der Waals surface area contributed by atoms with Crippen LogP contribution in [0.2, 0.25) is 0 Å². The molecule has 35 heavy (non-hydrogen) atoms. The number of anilines is 2. The van der Waals surface area contributed by atoms with Gasteiger partial charge in [0.2, 0.25) is 5.95 Å². The highest BCUT2D eigenvalue weighted by molar-refractivity contribution is 6.01. The molecule has 0 aromatic carbocycles. The maximum atomic E-state index is 13.0. The Labute approximate surface area is 199 Å². The summed E-state index contributed by atoms with van der Waals surface area (Å²) in [5, 5.41) is 12.7. The quantitative estimate of drug-likeness (QED) is 0.510.